The molecule has 0 aliphatic carbocycles. The molecule has 1 heterocycles. The maximum Gasteiger partial charge on any atom is 0.275 e. The van der Waals surface area contributed by atoms with Crippen molar-refractivity contribution in [1.29, 1.82) is 0 Å². The van der Waals surface area contributed by atoms with Crippen LogP contribution in [-0.2, 0) is 11.2 Å². The molecular weight excluding hydrogens is 376 g/mol. The Morgan fingerprint density at radius 3 is 2.57 bits per heavy atom. The predicted molar refractivity (Wildman–Crippen MR) is 97.5 cm³/mol. The Labute approximate surface area is 148 Å². The number of aryl methyl sites for hydroxylation is 1. The van der Waals surface area contributed by atoms with Gasteiger partial charge >= 0.3 is 0 Å². The van der Waals surface area contributed by atoms with Crippen molar-refractivity contribution in [2.24, 2.45) is 4.99 Å². The SMILES string of the molecule is O=C1NC(CCc2ccccc2Cl)=N/C1=C/c1ccc(Br)cc1. The van der Waals surface area contributed by atoms with Gasteiger partial charge in [0.25, 0.3) is 5.91 Å². The second-order valence-electron chi connectivity index (χ2n) is 5.19. The Hall–Kier alpha value is -1.91. The van der Waals surface area contributed by atoms with Gasteiger partial charge in [0.1, 0.15) is 11.5 Å². The van der Waals surface area contributed by atoms with Gasteiger partial charge in [-0.05, 0) is 41.8 Å². The lowest BCUT2D eigenvalue weighted by Gasteiger charge is -2.03. The van der Waals surface area contributed by atoms with Crippen LogP contribution in [0.5, 0.6) is 0 Å². The van der Waals surface area contributed by atoms with Gasteiger partial charge in [0.05, 0.1) is 0 Å². The second-order valence-corrected chi connectivity index (χ2v) is 6.51. The molecule has 0 unspecified atom stereocenters. The minimum atomic E-state index is -0.165. The summed E-state index contributed by atoms with van der Waals surface area (Å²) < 4.78 is 0.999. The molecule has 0 fully saturated rings. The average molecular weight is 390 g/mol. The molecule has 2 aromatic carbocycles. The summed E-state index contributed by atoms with van der Waals surface area (Å²) in [6.45, 7) is 0. The first-order valence-electron chi connectivity index (χ1n) is 7.21. The molecular formula is C18H14BrClN2O. The molecule has 1 aliphatic rings. The number of aliphatic imine (C=N–C) groups is 1. The van der Waals surface area contributed by atoms with E-state index >= 15 is 0 Å². The summed E-state index contributed by atoms with van der Waals surface area (Å²) in [5, 5.41) is 3.55. The topological polar surface area (TPSA) is 41.5 Å². The van der Waals surface area contributed by atoms with Crippen LogP contribution in [0.4, 0.5) is 0 Å². The van der Waals surface area contributed by atoms with Crippen molar-refractivity contribution in [3.63, 3.8) is 0 Å². The third kappa shape index (κ3) is 4.09. The summed E-state index contributed by atoms with van der Waals surface area (Å²) in [5.74, 6) is 0.514. The third-order valence-corrected chi connectivity index (χ3v) is 4.41. The maximum absolute atomic E-state index is 12.0. The van der Waals surface area contributed by atoms with E-state index in [1.165, 1.54) is 0 Å². The highest BCUT2D eigenvalue weighted by molar-refractivity contribution is 9.10. The maximum atomic E-state index is 12.0. The molecule has 116 valence electrons. The number of carbonyl (C=O) groups is 1. The van der Waals surface area contributed by atoms with Gasteiger partial charge < -0.3 is 5.32 Å². The fourth-order valence-electron chi connectivity index (χ4n) is 2.31. The van der Waals surface area contributed by atoms with E-state index < -0.39 is 0 Å². The number of carbonyl (C=O) groups excluding carboxylic acids is 1. The average Bonchev–Trinajstić information content (AvgIpc) is 2.89. The Bertz CT molecular complexity index is 797. The first kappa shape index (κ1) is 16.0. The highest BCUT2D eigenvalue weighted by Crippen LogP contribution is 2.19. The highest BCUT2D eigenvalue weighted by Gasteiger charge is 2.19. The number of nitrogens with one attached hydrogen (secondary N) is 1. The fourth-order valence-corrected chi connectivity index (χ4v) is 2.80. The molecule has 23 heavy (non-hydrogen) atoms. The zero-order valence-electron chi connectivity index (χ0n) is 12.2. The minimum absolute atomic E-state index is 0.165. The van der Waals surface area contributed by atoms with E-state index in [1.54, 1.807) is 6.08 Å². The molecule has 0 aromatic heterocycles. The summed E-state index contributed by atoms with van der Waals surface area (Å²) in [7, 11) is 0. The Balaban J connectivity index is 1.71. The molecule has 5 heteroatoms. The lowest BCUT2D eigenvalue weighted by molar-refractivity contribution is -0.115. The fraction of sp³-hybridized carbons (Fsp3) is 0.111. The predicted octanol–water partition coefficient (Wildman–Crippen LogP) is 4.60. The Kier molecular flexibility index (Phi) is 4.94. The number of amidine groups is 1. The van der Waals surface area contributed by atoms with Crippen LogP contribution in [-0.4, -0.2) is 11.7 Å². The van der Waals surface area contributed by atoms with E-state index in [0.717, 1.165) is 27.0 Å². The number of hydrogen-bond donors (Lipinski definition) is 1. The lowest BCUT2D eigenvalue weighted by Crippen LogP contribution is -2.24. The summed E-state index contributed by atoms with van der Waals surface area (Å²) in [6.07, 6.45) is 3.17. The van der Waals surface area contributed by atoms with Crippen molar-refractivity contribution < 1.29 is 4.79 Å². The van der Waals surface area contributed by atoms with E-state index in [0.29, 0.717) is 18.0 Å². The zero-order valence-corrected chi connectivity index (χ0v) is 14.6. The van der Waals surface area contributed by atoms with Crippen molar-refractivity contribution in [1.82, 2.24) is 5.32 Å². The lowest BCUT2D eigenvalue weighted by atomic mass is 10.1. The van der Waals surface area contributed by atoms with Crippen molar-refractivity contribution in [3.8, 4) is 0 Å². The van der Waals surface area contributed by atoms with Gasteiger partial charge in [-0.3, -0.25) is 4.79 Å². The molecule has 0 saturated carbocycles. The van der Waals surface area contributed by atoms with Crippen LogP contribution in [0.15, 0.2) is 63.7 Å². The molecule has 1 amide bonds. The van der Waals surface area contributed by atoms with Gasteiger partial charge in [0.2, 0.25) is 0 Å². The van der Waals surface area contributed by atoms with Crippen molar-refractivity contribution in [2.45, 2.75) is 12.8 Å². The van der Waals surface area contributed by atoms with E-state index in [1.807, 2.05) is 48.5 Å². The molecule has 0 saturated heterocycles. The standard InChI is InChI=1S/C18H14BrClN2O/c19-14-8-5-12(6-9-14)11-16-18(23)22-17(21-16)10-7-13-3-1-2-4-15(13)20/h1-6,8-9,11H,7,10H2,(H,21,22,23)/b16-11+. The van der Waals surface area contributed by atoms with Gasteiger partial charge in [0, 0.05) is 15.9 Å². The van der Waals surface area contributed by atoms with Gasteiger partial charge in [-0.1, -0.05) is 57.9 Å². The molecule has 1 N–H and O–H groups in total. The van der Waals surface area contributed by atoms with E-state index in [-0.39, 0.29) is 5.91 Å². The van der Waals surface area contributed by atoms with Crippen LogP contribution in [0, 0.1) is 0 Å². The monoisotopic (exact) mass is 388 g/mol. The van der Waals surface area contributed by atoms with Crippen molar-refractivity contribution >= 4 is 45.3 Å². The normalized spacial score (nSPS) is 15.7. The number of halogens is 2. The van der Waals surface area contributed by atoms with Crippen LogP contribution in [0.1, 0.15) is 17.5 Å². The van der Waals surface area contributed by atoms with E-state index in [9.17, 15) is 4.79 Å². The third-order valence-electron chi connectivity index (χ3n) is 3.51. The first-order chi connectivity index (χ1) is 11.1. The largest absolute Gasteiger partial charge is 0.309 e. The number of benzene rings is 2. The molecule has 1 aliphatic heterocycles. The molecule has 0 radical (unpaired) electrons. The van der Waals surface area contributed by atoms with Gasteiger partial charge in [-0.2, -0.15) is 0 Å². The second kappa shape index (κ2) is 7.11. The Morgan fingerprint density at radius 2 is 1.83 bits per heavy atom. The quantitative estimate of drug-likeness (QED) is 0.763. The number of rotatable bonds is 4. The minimum Gasteiger partial charge on any atom is -0.309 e. The molecule has 0 spiro atoms. The number of hydrogen-bond acceptors (Lipinski definition) is 2. The number of amides is 1. The van der Waals surface area contributed by atoms with Crippen LogP contribution >= 0.6 is 27.5 Å². The summed E-state index contributed by atoms with van der Waals surface area (Å²) in [5.41, 5.74) is 2.42. The smallest absolute Gasteiger partial charge is 0.275 e. The summed E-state index contributed by atoms with van der Waals surface area (Å²) >= 11 is 9.53. The van der Waals surface area contributed by atoms with E-state index in [4.69, 9.17) is 11.6 Å². The van der Waals surface area contributed by atoms with Crippen LogP contribution in [0.2, 0.25) is 5.02 Å². The molecule has 3 rings (SSSR count). The molecule has 0 atom stereocenters. The highest BCUT2D eigenvalue weighted by atomic mass is 79.9. The van der Waals surface area contributed by atoms with E-state index in [2.05, 4.69) is 26.2 Å². The molecule has 3 nitrogen and oxygen atoms in total. The van der Waals surface area contributed by atoms with Crippen LogP contribution in [0.25, 0.3) is 6.08 Å². The Morgan fingerprint density at radius 1 is 1.09 bits per heavy atom. The number of nitrogens with zero attached hydrogens (tertiary/aromatic N) is 1. The van der Waals surface area contributed by atoms with Gasteiger partial charge in [-0.15, -0.1) is 0 Å². The molecule has 0 bridgehead atoms. The van der Waals surface area contributed by atoms with Gasteiger partial charge in [-0.25, -0.2) is 4.99 Å². The molecule has 2 aromatic rings. The first-order valence-corrected chi connectivity index (χ1v) is 8.38. The van der Waals surface area contributed by atoms with Crippen LogP contribution in [0.3, 0.4) is 0 Å². The zero-order chi connectivity index (χ0) is 16.2. The van der Waals surface area contributed by atoms with Crippen LogP contribution < -0.4 is 5.32 Å². The summed E-state index contributed by atoms with van der Waals surface area (Å²) in [6, 6.07) is 15.4. The van der Waals surface area contributed by atoms with Crippen molar-refractivity contribution in [3.05, 3.63) is 74.9 Å². The van der Waals surface area contributed by atoms with Crippen molar-refractivity contribution in [2.75, 3.05) is 0 Å². The summed E-state index contributed by atoms with van der Waals surface area (Å²) in [4.78, 5) is 16.4. The van der Waals surface area contributed by atoms with Gasteiger partial charge in [0.15, 0.2) is 0 Å².